The van der Waals surface area contributed by atoms with Crippen molar-refractivity contribution in [3.05, 3.63) is 52.3 Å². The van der Waals surface area contributed by atoms with Gasteiger partial charge in [0.05, 0.1) is 29.4 Å². The number of rotatable bonds is 5. The van der Waals surface area contributed by atoms with Gasteiger partial charge in [-0.1, -0.05) is 29.3 Å². The van der Waals surface area contributed by atoms with Crippen LogP contribution in [0.25, 0.3) is 0 Å². The predicted octanol–water partition coefficient (Wildman–Crippen LogP) is 3.42. The lowest BCUT2D eigenvalue weighted by Gasteiger charge is -2.17. The van der Waals surface area contributed by atoms with Crippen molar-refractivity contribution in [3.63, 3.8) is 0 Å². The molecular weight excluding hydrogens is 351 g/mol. The summed E-state index contributed by atoms with van der Waals surface area (Å²) in [7, 11) is 1.61. The summed E-state index contributed by atoms with van der Waals surface area (Å²) in [6.45, 7) is 1.67. The smallest absolute Gasteiger partial charge is 0.223 e. The quantitative estimate of drug-likeness (QED) is 0.878. The first kappa shape index (κ1) is 16.8. The summed E-state index contributed by atoms with van der Waals surface area (Å²) in [5.41, 5.74) is 1.27. The maximum absolute atomic E-state index is 6.16. The highest BCUT2D eigenvalue weighted by Crippen LogP contribution is 2.33. The summed E-state index contributed by atoms with van der Waals surface area (Å²) < 4.78 is 5.18. The molecule has 0 saturated carbocycles. The molecule has 0 atom stereocenters. The van der Waals surface area contributed by atoms with Crippen molar-refractivity contribution in [2.75, 3.05) is 20.2 Å². The molecular formula is C16H16Cl2N4O2. The molecule has 1 aromatic heterocycles. The monoisotopic (exact) mass is 366 g/mol. The molecule has 3 rings (SSSR count). The van der Waals surface area contributed by atoms with Crippen molar-refractivity contribution in [2.45, 2.75) is 6.61 Å². The topological polar surface area (TPSA) is 59.0 Å². The van der Waals surface area contributed by atoms with Gasteiger partial charge in [0, 0.05) is 18.8 Å². The molecule has 8 heteroatoms. The lowest BCUT2D eigenvalue weighted by atomic mass is 10.3. The van der Waals surface area contributed by atoms with Crippen molar-refractivity contribution in [3.8, 4) is 5.75 Å². The zero-order chi connectivity index (χ0) is 16.9. The van der Waals surface area contributed by atoms with Crippen molar-refractivity contribution >= 4 is 34.8 Å². The molecule has 1 N–H and O–H groups in total. The Balaban J connectivity index is 1.72. The van der Waals surface area contributed by atoms with Gasteiger partial charge in [-0.05, 0) is 18.2 Å². The Morgan fingerprint density at radius 1 is 1.29 bits per heavy atom. The first-order valence-electron chi connectivity index (χ1n) is 7.33. The maximum atomic E-state index is 6.16. The van der Waals surface area contributed by atoms with E-state index < -0.39 is 0 Å². The minimum atomic E-state index is 0.300. The molecule has 1 saturated heterocycles. The van der Waals surface area contributed by atoms with Crippen molar-refractivity contribution in [1.82, 2.24) is 15.4 Å². The van der Waals surface area contributed by atoms with Crippen LogP contribution in [-0.4, -0.2) is 36.2 Å². The molecule has 1 aliphatic rings. The zero-order valence-electron chi connectivity index (χ0n) is 13.0. The van der Waals surface area contributed by atoms with Crippen LogP contribution in [0.15, 0.2) is 41.5 Å². The van der Waals surface area contributed by atoms with Crippen LogP contribution in [-0.2, 0) is 11.4 Å². The maximum Gasteiger partial charge on any atom is 0.223 e. The van der Waals surface area contributed by atoms with Gasteiger partial charge in [0.2, 0.25) is 5.96 Å². The number of benzene rings is 1. The number of hydrogen-bond acceptors (Lipinski definition) is 4. The minimum absolute atomic E-state index is 0.300. The highest BCUT2D eigenvalue weighted by molar-refractivity contribution is 6.38. The summed E-state index contributed by atoms with van der Waals surface area (Å²) in [5.74, 6) is 1.30. The zero-order valence-corrected chi connectivity index (χ0v) is 14.5. The van der Waals surface area contributed by atoms with Crippen LogP contribution in [0.4, 0.5) is 5.69 Å². The summed E-state index contributed by atoms with van der Waals surface area (Å²) in [5, 5.41) is 5.79. The number of hydrogen-bond donors (Lipinski definition) is 1. The van der Waals surface area contributed by atoms with E-state index in [0.29, 0.717) is 41.4 Å². The molecule has 0 aliphatic carbocycles. The molecule has 1 aliphatic heterocycles. The van der Waals surface area contributed by atoms with Crippen LogP contribution in [0.1, 0.15) is 5.69 Å². The molecule has 0 amide bonds. The molecule has 0 radical (unpaired) electrons. The normalized spacial score (nSPS) is 15.6. The predicted molar refractivity (Wildman–Crippen MR) is 93.8 cm³/mol. The Morgan fingerprint density at radius 2 is 2.08 bits per heavy atom. The second-order valence-corrected chi connectivity index (χ2v) is 5.81. The van der Waals surface area contributed by atoms with Crippen LogP contribution in [0, 0.1) is 0 Å². The Morgan fingerprint density at radius 3 is 2.83 bits per heavy atom. The van der Waals surface area contributed by atoms with Gasteiger partial charge >= 0.3 is 0 Å². The molecule has 126 valence electrons. The average Bonchev–Trinajstić information content (AvgIpc) is 3.04. The molecule has 1 aromatic carbocycles. The first-order chi connectivity index (χ1) is 11.7. The number of aliphatic imine (C=N–C) groups is 1. The van der Waals surface area contributed by atoms with Gasteiger partial charge in [0.1, 0.15) is 18.0 Å². The van der Waals surface area contributed by atoms with E-state index >= 15 is 0 Å². The van der Waals surface area contributed by atoms with E-state index in [1.807, 2.05) is 6.07 Å². The van der Waals surface area contributed by atoms with Gasteiger partial charge in [-0.3, -0.25) is 9.82 Å². The number of ether oxygens (including phenoxy) is 1. The number of pyridine rings is 1. The Bertz CT molecular complexity index is 734. The Labute approximate surface area is 150 Å². The fourth-order valence-corrected chi connectivity index (χ4v) is 2.67. The van der Waals surface area contributed by atoms with Gasteiger partial charge in [-0.2, -0.15) is 0 Å². The Kier molecular flexibility index (Phi) is 5.40. The lowest BCUT2D eigenvalue weighted by molar-refractivity contribution is -0.103. The SMILES string of the molecule is COc1ccnc(CON2CCN/C2=N\c2c(Cl)cccc2Cl)c1. The number of hydroxylamine groups is 2. The van der Waals surface area contributed by atoms with Crippen LogP contribution >= 0.6 is 23.2 Å². The van der Waals surface area contributed by atoms with E-state index in [1.54, 1.807) is 42.6 Å². The van der Waals surface area contributed by atoms with Gasteiger partial charge in [0.15, 0.2) is 0 Å². The molecule has 0 unspecified atom stereocenters. The van der Waals surface area contributed by atoms with Gasteiger partial charge in [-0.15, -0.1) is 0 Å². The summed E-state index contributed by atoms with van der Waals surface area (Å²) in [4.78, 5) is 14.5. The highest BCUT2D eigenvalue weighted by atomic mass is 35.5. The van der Waals surface area contributed by atoms with Crippen LogP contribution in [0.2, 0.25) is 10.0 Å². The summed E-state index contributed by atoms with van der Waals surface area (Å²) in [6.07, 6.45) is 1.68. The van der Waals surface area contributed by atoms with E-state index in [4.69, 9.17) is 32.8 Å². The van der Waals surface area contributed by atoms with E-state index in [1.165, 1.54) is 0 Å². The molecule has 24 heavy (non-hydrogen) atoms. The third-order valence-corrected chi connectivity index (χ3v) is 3.99. The van der Waals surface area contributed by atoms with Gasteiger partial charge < -0.3 is 10.1 Å². The number of methoxy groups -OCH3 is 1. The fourth-order valence-electron chi connectivity index (χ4n) is 2.19. The fraction of sp³-hybridized carbons (Fsp3) is 0.250. The summed E-state index contributed by atoms with van der Waals surface area (Å²) >= 11 is 12.3. The van der Waals surface area contributed by atoms with Crippen LogP contribution in [0.5, 0.6) is 5.75 Å². The third-order valence-electron chi connectivity index (χ3n) is 3.38. The molecule has 1 fully saturated rings. The minimum Gasteiger partial charge on any atom is -0.497 e. The number of aromatic nitrogens is 1. The highest BCUT2D eigenvalue weighted by Gasteiger charge is 2.20. The van der Waals surface area contributed by atoms with Crippen molar-refractivity contribution in [1.29, 1.82) is 0 Å². The number of guanidine groups is 1. The molecule has 0 spiro atoms. The number of halogens is 2. The van der Waals surface area contributed by atoms with Crippen LogP contribution < -0.4 is 10.1 Å². The first-order valence-corrected chi connectivity index (χ1v) is 8.09. The van der Waals surface area contributed by atoms with Gasteiger partial charge in [-0.25, -0.2) is 10.1 Å². The molecule has 2 aromatic rings. The van der Waals surface area contributed by atoms with E-state index in [0.717, 1.165) is 11.4 Å². The average molecular weight is 367 g/mol. The van der Waals surface area contributed by atoms with E-state index in [2.05, 4.69) is 15.3 Å². The standard InChI is InChI=1S/C16H16Cl2N4O2/c1-23-12-5-6-19-11(9-12)10-24-22-8-7-20-16(22)21-15-13(17)3-2-4-14(15)18/h2-6,9H,7-8,10H2,1H3,(H,20,21). The third kappa shape index (κ3) is 3.90. The summed E-state index contributed by atoms with van der Waals surface area (Å²) in [6, 6.07) is 8.87. The second kappa shape index (κ2) is 7.70. The largest absolute Gasteiger partial charge is 0.497 e. The molecule has 2 heterocycles. The van der Waals surface area contributed by atoms with Crippen molar-refractivity contribution < 1.29 is 9.57 Å². The lowest BCUT2D eigenvalue weighted by Crippen LogP contribution is -2.30. The second-order valence-electron chi connectivity index (χ2n) is 5.00. The van der Waals surface area contributed by atoms with Gasteiger partial charge in [0.25, 0.3) is 0 Å². The number of para-hydroxylation sites is 1. The number of nitrogens with one attached hydrogen (secondary N) is 1. The Hall–Kier alpha value is -2.02. The van der Waals surface area contributed by atoms with E-state index in [9.17, 15) is 0 Å². The number of nitrogens with zero attached hydrogens (tertiary/aromatic N) is 3. The molecule has 0 bridgehead atoms. The van der Waals surface area contributed by atoms with Crippen molar-refractivity contribution in [2.24, 2.45) is 4.99 Å². The molecule has 6 nitrogen and oxygen atoms in total. The van der Waals surface area contributed by atoms with E-state index in [-0.39, 0.29) is 0 Å². The van der Waals surface area contributed by atoms with Crippen LogP contribution in [0.3, 0.4) is 0 Å².